The third kappa shape index (κ3) is 9.17. The number of benzene rings is 4. The maximum atomic E-state index is 10.5. The Labute approximate surface area is 277 Å². The van der Waals surface area contributed by atoms with Crippen molar-refractivity contribution in [1.29, 1.82) is 0 Å². The van der Waals surface area contributed by atoms with Crippen LogP contribution in [0.25, 0.3) is 22.3 Å². The minimum absolute atomic E-state index is 0.124. The summed E-state index contributed by atoms with van der Waals surface area (Å²) in [4.78, 5) is 9.26. The van der Waals surface area contributed by atoms with Gasteiger partial charge in [0.25, 0.3) is 0 Å². The van der Waals surface area contributed by atoms with Crippen molar-refractivity contribution in [3.05, 3.63) is 83.9 Å². The van der Waals surface area contributed by atoms with E-state index in [9.17, 15) is 10.2 Å². The number of phenols is 2. The molecule has 46 heavy (non-hydrogen) atoms. The fraction of sp³-hybridized carbons (Fsp3) is 0.257. The molecule has 0 heterocycles. The van der Waals surface area contributed by atoms with E-state index < -0.39 is 18.5 Å². The molecule has 0 saturated carbocycles. The van der Waals surface area contributed by atoms with E-state index in [1.54, 1.807) is 53.0 Å². The first-order valence-corrected chi connectivity index (χ1v) is 16.5. The zero-order chi connectivity index (χ0) is 33.7. The van der Waals surface area contributed by atoms with Crippen LogP contribution in [0, 0.1) is 5.41 Å². The van der Waals surface area contributed by atoms with E-state index in [-0.39, 0.29) is 16.9 Å². The van der Waals surface area contributed by atoms with Crippen molar-refractivity contribution in [3.8, 4) is 56.8 Å². The Balaban J connectivity index is 0.00000185. The molecule has 0 bridgehead atoms. The number of ether oxygens (including phenoxy) is 4. The summed E-state index contributed by atoms with van der Waals surface area (Å²) in [6.45, 7) is 5.06. The molecule has 0 spiro atoms. The van der Waals surface area contributed by atoms with Crippen LogP contribution in [0.15, 0.2) is 82.8 Å². The molecule has 0 amide bonds. The summed E-state index contributed by atoms with van der Waals surface area (Å²) in [5.74, 6) is 2.94. The molecule has 11 heteroatoms. The molecule has 4 rings (SSSR count). The molecule has 0 aliphatic heterocycles. The molecule has 2 N–H and O–H groups in total. The van der Waals surface area contributed by atoms with Gasteiger partial charge in [-0.05, 0) is 59.7 Å². The second-order valence-corrected chi connectivity index (χ2v) is 11.3. The average molecular weight is 799 g/mol. The molecular formula is C35H38N2O8W. The molecule has 0 atom stereocenters. The van der Waals surface area contributed by atoms with Crippen molar-refractivity contribution in [3.63, 3.8) is 0 Å². The third-order valence-corrected chi connectivity index (χ3v) is 6.99. The summed E-state index contributed by atoms with van der Waals surface area (Å²) >= 11 is -2.25. The van der Waals surface area contributed by atoms with E-state index in [2.05, 4.69) is 23.8 Å². The van der Waals surface area contributed by atoms with Crippen LogP contribution < -0.4 is 18.9 Å². The number of aliphatic imine (C=N–C) groups is 2. The molecule has 4 aromatic rings. The van der Waals surface area contributed by atoms with Crippen molar-refractivity contribution < 1.29 is 54.4 Å². The molecule has 4 aromatic carbocycles. The second-order valence-electron chi connectivity index (χ2n) is 10.8. The maximum absolute atomic E-state index is 10.5. The Morgan fingerprint density at radius 3 is 1.26 bits per heavy atom. The van der Waals surface area contributed by atoms with Gasteiger partial charge < -0.3 is 29.2 Å². The van der Waals surface area contributed by atoms with Crippen LogP contribution in [0.5, 0.6) is 34.5 Å². The van der Waals surface area contributed by atoms with Crippen LogP contribution in [0.2, 0.25) is 0 Å². The molecule has 0 fully saturated rings. The van der Waals surface area contributed by atoms with Gasteiger partial charge >= 0.3 is 25.3 Å². The molecule has 242 valence electrons. The normalized spacial score (nSPS) is 11.2. The van der Waals surface area contributed by atoms with Gasteiger partial charge in [-0.2, -0.15) is 0 Å². The van der Waals surface area contributed by atoms with Gasteiger partial charge in [0.05, 0.1) is 39.6 Å². The van der Waals surface area contributed by atoms with E-state index in [4.69, 9.17) is 25.7 Å². The molecular weight excluding hydrogens is 760 g/mol. The van der Waals surface area contributed by atoms with Crippen molar-refractivity contribution >= 4 is 12.4 Å². The van der Waals surface area contributed by atoms with Crippen LogP contribution in [-0.2, 0) is 25.3 Å². The van der Waals surface area contributed by atoms with E-state index >= 15 is 0 Å². The standard InChI is InChI=1S/C35H38N2O6.2O.W/c1-35(2,21-36-19-25-17-23(13-15-27(25)38)33-29(40-3)9-7-10-30(33)41-4)22-37-20-26-18-24(14-16-28(26)39)34-31(42-5)11-8-12-32(34)43-6;;;/h7-20,38-39H,21-22H2,1-6H3;;;. The van der Waals surface area contributed by atoms with Crippen LogP contribution in [-0.4, -0.2) is 64.2 Å². The van der Waals surface area contributed by atoms with Crippen molar-refractivity contribution in [1.82, 2.24) is 0 Å². The van der Waals surface area contributed by atoms with E-state index in [1.807, 2.05) is 60.7 Å². The van der Waals surface area contributed by atoms with Gasteiger partial charge in [0.2, 0.25) is 0 Å². The number of aromatic hydroxyl groups is 2. The van der Waals surface area contributed by atoms with Gasteiger partial charge in [-0.15, -0.1) is 0 Å². The Hall–Kier alpha value is -4.69. The first kappa shape index (κ1) is 35.8. The number of methoxy groups -OCH3 is 4. The minimum atomic E-state index is -2.25. The fourth-order valence-corrected chi connectivity index (χ4v) is 4.73. The van der Waals surface area contributed by atoms with E-state index in [1.165, 1.54) is 0 Å². The Bertz CT molecular complexity index is 1570. The number of nitrogens with zero attached hydrogens (tertiary/aromatic N) is 2. The first-order chi connectivity index (χ1) is 22.1. The number of phenolic OH excluding ortho intramolecular Hbond substituents is 2. The first-order valence-electron chi connectivity index (χ1n) is 14.1. The molecule has 0 aromatic heterocycles. The summed E-state index contributed by atoms with van der Waals surface area (Å²) in [6.07, 6.45) is 3.34. The predicted molar refractivity (Wildman–Crippen MR) is 173 cm³/mol. The van der Waals surface area contributed by atoms with Gasteiger partial charge in [0.1, 0.15) is 34.5 Å². The van der Waals surface area contributed by atoms with Crippen molar-refractivity contribution in [2.45, 2.75) is 13.8 Å². The molecule has 0 unspecified atom stereocenters. The van der Waals surface area contributed by atoms with E-state index in [0.717, 1.165) is 22.3 Å². The van der Waals surface area contributed by atoms with Gasteiger partial charge in [-0.25, -0.2) is 0 Å². The van der Waals surface area contributed by atoms with E-state index in [0.29, 0.717) is 47.2 Å². The zero-order valence-electron chi connectivity index (χ0n) is 26.6. The van der Waals surface area contributed by atoms with Gasteiger partial charge in [0, 0.05) is 42.1 Å². The second kappa shape index (κ2) is 17.1. The zero-order valence-corrected chi connectivity index (χ0v) is 29.6. The Morgan fingerprint density at radius 2 is 0.957 bits per heavy atom. The summed E-state index contributed by atoms with van der Waals surface area (Å²) in [7, 11) is 6.45. The van der Waals surface area contributed by atoms with Gasteiger partial charge in [0.15, 0.2) is 0 Å². The topological polar surface area (TPSA) is 136 Å². The van der Waals surface area contributed by atoms with Crippen molar-refractivity contribution in [2.24, 2.45) is 15.4 Å². The quantitative estimate of drug-likeness (QED) is 0.150. The SMILES string of the molecule is COc1cccc(OC)c1-c1ccc(O)c(C=NCC(C)(C)CN=Cc2cc(-c3c(OC)cccc3OC)ccc2O)c1.[O]=[W]=[O]. The van der Waals surface area contributed by atoms with Crippen LogP contribution in [0.3, 0.4) is 0 Å². The molecule has 0 saturated heterocycles. The number of rotatable bonds is 12. The monoisotopic (exact) mass is 798 g/mol. The van der Waals surface area contributed by atoms with Gasteiger partial charge in [-0.3, -0.25) is 9.98 Å². The Kier molecular flexibility index (Phi) is 13.3. The van der Waals surface area contributed by atoms with Crippen molar-refractivity contribution in [2.75, 3.05) is 41.5 Å². The number of hydrogen-bond donors (Lipinski definition) is 2. The fourth-order valence-electron chi connectivity index (χ4n) is 4.73. The molecule has 0 aliphatic rings. The summed E-state index contributed by atoms with van der Waals surface area (Å²) in [5, 5.41) is 21.0. The summed E-state index contributed by atoms with van der Waals surface area (Å²) < 4.78 is 39.3. The molecule has 0 radical (unpaired) electrons. The van der Waals surface area contributed by atoms with Gasteiger partial charge in [-0.1, -0.05) is 38.1 Å². The molecule has 10 nitrogen and oxygen atoms in total. The summed E-state index contributed by atoms with van der Waals surface area (Å²) in [6, 6.07) is 21.8. The average Bonchev–Trinajstić information content (AvgIpc) is 3.06. The third-order valence-electron chi connectivity index (χ3n) is 6.99. The predicted octanol–water partition coefficient (Wildman–Crippen LogP) is 6.79. The molecule has 0 aliphatic carbocycles. The van der Waals surface area contributed by atoms with Crippen LogP contribution in [0.4, 0.5) is 0 Å². The number of hydrogen-bond acceptors (Lipinski definition) is 10. The Morgan fingerprint density at radius 1 is 0.630 bits per heavy atom. The van der Waals surface area contributed by atoms with Crippen LogP contribution in [0.1, 0.15) is 25.0 Å². The summed E-state index contributed by atoms with van der Waals surface area (Å²) in [5.41, 5.74) is 4.15. The van der Waals surface area contributed by atoms with Crippen LogP contribution >= 0.6 is 0 Å².